The summed E-state index contributed by atoms with van der Waals surface area (Å²) in [4.78, 5) is 23.3. The number of pyridine rings is 2. The van der Waals surface area contributed by atoms with E-state index in [9.17, 15) is 4.79 Å². The molecule has 0 saturated heterocycles. The summed E-state index contributed by atoms with van der Waals surface area (Å²) in [7, 11) is 0. The van der Waals surface area contributed by atoms with E-state index in [2.05, 4.69) is 44.9 Å². The minimum Gasteiger partial charge on any atom is -0.444 e. The average molecular weight is 473 g/mol. The van der Waals surface area contributed by atoms with Gasteiger partial charge in [-0.1, -0.05) is 36.0 Å². The van der Waals surface area contributed by atoms with Gasteiger partial charge >= 0.3 is 6.09 Å². The number of anilines is 2. The molecule has 2 aromatic carbocycles. The summed E-state index contributed by atoms with van der Waals surface area (Å²) in [6, 6.07) is 22.3. The highest BCUT2D eigenvalue weighted by Gasteiger charge is 2.16. The van der Waals surface area contributed by atoms with Crippen molar-refractivity contribution in [2.24, 2.45) is 0 Å². The van der Waals surface area contributed by atoms with Crippen LogP contribution in [-0.2, 0) is 11.3 Å². The Labute approximate surface area is 204 Å². The average Bonchev–Trinajstić information content (AvgIpc) is 2.79. The van der Waals surface area contributed by atoms with Gasteiger partial charge in [0.2, 0.25) is 0 Å². The van der Waals surface area contributed by atoms with Crippen LogP contribution >= 0.6 is 11.8 Å². The number of rotatable bonds is 6. The highest BCUT2D eigenvalue weighted by atomic mass is 32.2. The molecule has 34 heavy (non-hydrogen) atoms. The van der Waals surface area contributed by atoms with E-state index in [-0.39, 0.29) is 0 Å². The van der Waals surface area contributed by atoms with Gasteiger partial charge in [0.05, 0.1) is 11.4 Å². The van der Waals surface area contributed by atoms with Crippen molar-refractivity contribution in [3.63, 3.8) is 0 Å². The van der Waals surface area contributed by atoms with Gasteiger partial charge in [-0.25, -0.2) is 14.8 Å². The Morgan fingerprint density at radius 1 is 1.00 bits per heavy atom. The molecule has 0 aliphatic rings. The van der Waals surface area contributed by atoms with Crippen molar-refractivity contribution in [3.05, 3.63) is 84.2 Å². The lowest BCUT2D eigenvalue weighted by molar-refractivity contribution is 0.0523. The molecule has 0 bridgehead atoms. The third-order valence-electron chi connectivity index (χ3n) is 4.86. The van der Waals surface area contributed by atoms with Gasteiger partial charge in [0.1, 0.15) is 5.60 Å². The monoisotopic (exact) mass is 472 g/mol. The number of fused-ring (bicyclic) bond motifs is 1. The molecular weight excluding hydrogens is 444 g/mol. The summed E-state index contributed by atoms with van der Waals surface area (Å²) in [6.07, 6.45) is 1.32. The number of benzene rings is 2. The molecule has 2 heterocycles. The van der Waals surface area contributed by atoms with Gasteiger partial charge in [0, 0.05) is 33.6 Å². The van der Waals surface area contributed by atoms with Crippen LogP contribution in [0.25, 0.3) is 11.0 Å². The van der Waals surface area contributed by atoms with Crippen molar-refractivity contribution in [1.82, 2.24) is 15.3 Å². The van der Waals surface area contributed by atoms with Crippen LogP contribution in [0.2, 0.25) is 0 Å². The predicted octanol–water partition coefficient (Wildman–Crippen LogP) is 6.86. The molecule has 0 atom stereocenters. The standard InChI is InChI=1S/C27H28N4O2S/c1-18-10-12-21-22(14-15-28-25(21)30-18)31-23-16-19(17-29-26(32)33-27(2,3)4)11-13-24(23)34-20-8-6-5-7-9-20/h5-16H,17H2,1-4H3,(H,29,32)(H,28,30,31). The molecule has 1 amide bonds. The molecule has 6 nitrogen and oxygen atoms in total. The number of aromatic nitrogens is 2. The fourth-order valence-corrected chi connectivity index (χ4v) is 4.26. The third-order valence-corrected chi connectivity index (χ3v) is 5.95. The topological polar surface area (TPSA) is 76.1 Å². The molecule has 0 aliphatic heterocycles. The van der Waals surface area contributed by atoms with Gasteiger partial charge < -0.3 is 15.4 Å². The van der Waals surface area contributed by atoms with Gasteiger partial charge in [-0.3, -0.25) is 0 Å². The number of carbonyl (C=O) groups is 1. The number of hydrogen-bond donors (Lipinski definition) is 2. The van der Waals surface area contributed by atoms with Gasteiger partial charge in [0.15, 0.2) is 5.65 Å². The van der Waals surface area contributed by atoms with Gasteiger partial charge in [-0.15, -0.1) is 0 Å². The Morgan fingerprint density at radius 3 is 2.56 bits per heavy atom. The largest absolute Gasteiger partial charge is 0.444 e. The first-order valence-corrected chi connectivity index (χ1v) is 11.9. The molecule has 0 radical (unpaired) electrons. The van der Waals surface area contributed by atoms with Gasteiger partial charge in [-0.2, -0.15) is 0 Å². The SMILES string of the molecule is Cc1ccc2c(Nc3cc(CNC(=O)OC(C)(C)C)ccc3Sc3ccccc3)ccnc2n1. The number of alkyl carbamates (subject to hydrolysis) is 1. The third kappa shape index (κ3) is 6.26. The van der Waals surface area contributed by atoms with Crippen LogP contribution in [0.1, 0.15) is 32.0 Å². The fourth-order valence-electron chi connectivity index (χ4n) is 3.36. The van der Waals surface area contributed by atoms with E-state index in [1.165, 1.54) is 0 Å². The van der Waals surface area contributed by atoms with Crippen LogP contribution in [0.3, 0.4) is 0 Å². The Balaban J connectivity index is 1.63. The van der Waals surface area contributed by atoms with Crippen molar-refractivity contribution in [3.8, 4) is 0 Å². The van der Waals surface area contributed by atoms with Crippen LogP contribution < -0.4 is 10.6 Å². The van der Waals surface area contributed by atoms with Crippen molar-refractivity contribution in [1.29, 1.82) is 0 Å². The number of aryl methyl sites for hydroxylation is 1. The number of hydrogen-bond acceptors (Lipinski definition) is 6. The van der Waals surface area contributed by atoms with Crippen LogP contribution in [0.4, 0.5) is 16.2 Å². The summed E-state index contributed by atoms with van der Waals surface area (Å²) in [5.41, 5.74) is 3.90. The summed E-state index contributed by atoms with van der Waals surface area (Å²) in [5.74, 6) is 0. The quantitative estimate of drug-likeness (QED) is 0.319. The number of ether oxygens (including phenoxy) is 1. The van der Waals surface area contributed by atoms with Crippen LogP contribution in [0.5, 0.6) is 0 Å². The minimum absolute atomic E-state index is 0.359. The van der Waals surface area contributed by atoms with E-state index in [1.54, 1.807) is 18.0 Å². The zero-order valence-corrected chi connectivity index (χ0v) is 20.6. The van der Waals surface area contributed by atoms with Crippen molar-refractivity contribution < 1.29 is 9.53 Å². The summed E-state index contributed by atoms with van der Waals surface area (Å²) in [6.45, 7) is 7.85. The molecule has 0 spiro atoms. The first kappa shape index (κ1) is 23.6. The van der Waals surface area contributed by atoms with Crippen LogP contribution in [0, 0.1) is 6.92 Å². The van der Waals surface area contributed by atoms with E-state index < -0.39 is 11.7 Å². The smallest absolute Gasteiger partial charge is 0.407 e. The molecule has 7 heteroatoms. The lowest BCUT2D eigenvalue weighted by Crippen LogP contribution is -2.32. The Hall–Kier alpha value is -3.58. The molecule has 0 saturated carbocycles. The van der Waals surface area contributed by atoms with Crippen molar-refractivity contribution in [2.45, 2.75) is 49.6 Å². The molecule has 2 aromatic heterocycles. The summed E-state index contributed by atoms with van der Waals surface area (Å²) < 4.78 is 5.36. The van der Waals surface area contributed by atoms with E-state index in [1.807, 2.05) is 70.2 Å². The van der Waals surface area contributed by atoms with E-state index in [0.717, 1.165) is 37.8 Å². The first-order valence-electron chi connectivity index (χ1n) is 11.1. The second-order valence-electron chi connectivity index (χ2n) is 8.91. The first-order chi connectivity index (χ1) is 16.3. The maximum Gasteiger partial charge on any atom is 0.407 e. The molecule has 2 N–H and O–H groups in total. The Morgan fingerprint density at radius 2 is 1.79 bits per heavy atom. The number of nitrogens with zero attached hydrogens (tertiary/aromatic N) is 2. The zero-order valence-electron chi connectivity index (χ0n) is 19.8. The van der Waals surface area contributed by atoms with Gasteiger partial charge in [-0.05, 0) is 75.7 Å². The number of amides is 1. The van der Waals surface area contributed by atoms with Crippen LogP contribution in [-0.4, -0.2) is 21.7 Å². The maximum absolute atomic E-state index is 12.1. The predicted molar refractivity (Wildman–Crippen MR) is 138 cm³/mol. The number of nitrogens with one attached hydrogen (secondary N) is 2. The molecule has 4 aromatic rings. The second kappa shape index (κ2) is 10.1. The lowest BCUT2D eigenvalue weighted by atomic mass is 10.1. The molecular formula is C27H28N4O2S. The fraction of sp³-hybridized carbons (Fsp3) is 0.222. The van der Waals surface area contributed by atoms with E-state index in [0.29, 0.717) is 12.2 Å². The van der Waals surface area contributed by atoms with Crippen molar-refractivity contribution >= 4 is 40.3 Å². The Bertz CT molecular complexity index is 1300. The lowest BCUT2D eigenvalue weighted by Gasteiger charge is -2.20. The minimum atomic E-state index is -0.540. The molecule has 4 rings (SSSR count). The normalized spacial score (nSPS) is 11.3. The molecule has 0 unspecified atom stereocenters. The highest BCUT2D eigenvalue weighted by Crippen LogP contribution is 2.36. The maximum atomic E-state index is 12.1. The molecule has 0 aliphatic carbocycles. The zero-order chi connectivity index (χ0) is 24.1. The second-order valence-corrected chi connectivity index (χ2v) is 10.0. The summed E-state index contributed by atoms with van der Waals surface area (Å²) >= 11 is 1.68. The molecule has 0 fully saturated rings. The van der Waals surface area contributed by atoms with Crippen molar-refractivity contribution in [2.75, 3.05) is 5.32 Å². The van der Waals surface area contributed by atoms with Gasteiger partial charge in [0.25, 0.3) is 0 Å². The van der Waals surface area contributed by atoms with Crippen LogP contribution in [0.15, 0.2) is 82.7 Å². The number of carbonyl (C=O) groups excluding carboxylic acids is 1. The summed E-state index contributed by atoms with van der Waals surface area (Å²) in [5, 5.41) is 7.36. The highest BCUT2D eigenvalue weighted by molar-refractivity contribution is 7.99. The van der Waals surface area contributed by atoms with E-state index >= 15 is 0 Å². The molecule has 174 valence electrons. The van der Waals surface area contributed by atoms with E-state index in [4.69, 9.17) is 4.74 Å². The Kier molecular flexibility index (Phi) is 7.03.